The number of carboxylic acids is 1. The summed E-state index contributed by atoms with van der Waals surface area (Å²) in [7, 11) is 0. The van der Waals surface area contributed by atoms with Crippen LogP contribution in [0.2, 0.25) is 0 Å². The van der Waals surface area contributed by atoms with E-state index >= 15 is 0 Å². The number of aliphatic carboxylic acids is 1. The zero-order valence-electron chi connectivity index (χ0n) is 6.98. The third-order valence-electron chi connectivity index (χ3n) is 1.91. The number of nitrogens with one attached hydrogen (secondary N) is 1. The van der Waals surface area contributed by atoms with Crippen molar-refractivity contribution in [2.75, 3.05) is 0 Å². The normalized spacial score (nSPS) is 10.3. The van der Waals surface area contributed by atoms with Gasteiger partial charge in [0.25, 0.3) is 0 Å². The molecule has 2 heterocycles. The Hall–Kier alpha value is -2.17. The Morgan fingerprint density at radius 1 is 1.43 bits per heavy atom. The smallest absolute Gasteiger partial charge is 0.210 e. The molecule has 1 N–H and O–H groups in total. The van der Waals surface area contributed by atoms with Crippen LogP contribution in [0.25, 0.3) is 10.9 Å². The maximum absolute atomic E-state index is 11.1. The number of ketones is 1. The maximum Gasteiger partial charge on any atom is 0.210 e. The highest BCUT2D eigenvalue weighted by Gasteiger charge is 2.12. The summed E-state index contributed by atoms with van der Waals surface area (Å²) in [5.74, 6) is -2.73. The quantitative estimate of drug-likeness (QED) is 0.509. The van der Waals surface area contributed by atoms with Gasteiger partial charge in [-0.1, -0.05) is 0 Å². The molecule has 0 aliphatic heterocycles. The van der Waals surface area contributed by atoms with Gasteiger partial charge in [-0.3, -0.25) is 9.78 Å². The van der Waals surface area contributed by atoms with Crippen molar-refractivity contribution in [3.63, 3.8) is 0 Å². The predicted molar refractivity (Wildman–Crippen MR) is 45.4 cm³/mol. The van der Waals surface area contributed by atoms with Gasteiger partial charge in [0.2, 0.25) is 5.78 Å². The summed E-state index contributed by atoms with van der Waals surface area (Å²) in [6.45, 7) is 0. The van der Waals surface area contributed by atoms with E-state index in [1.165, 1.54) is 18.6 Å². The number of H-pyrrole nitrogens is 1. The summed E-state index contributed by atoms with van der Waals surface area (Å²) >= 11 is 0. The summed E-state index contributed by atoms with van der Waals surface area (Å²) < 4.78 is 0. The lowest BCUT2D eigenvalue weighted by Crippen LogP contribution is -2.31. The number of rotatable bonds is 2. The Morgan fingerprint density at radius 2 is 2.21 bits per heavy atom. The lowest BCUT2D eigenvalue weighted by atomic mass is 10.1. The number of nitrogens with zero attached hydrogens (tertiary/aromatic N) is 1. The molecule has 0 bridgehead atoms. The van der Waals surface area contributed by atoms with Crippen LogP contribution < -0.4 is 5.11 Å². The molecular weight excluding hydrogens is 184 g/mol. The molecule has 2 aromatic heterocycles. The highest BCUT2D eigenvalue weighted by molar-refractivity contribution is 6.41. The van der Waals surface area contributed by atoms with Gasteiger partial charge in [0, 0.05) is 23.3 Å². The van der Waals surface area contributed by atoms with Crippen LogP contribution in [0, 0.1) is 0 Å². The van der Waals surface area contributed by atoms with E-state index in [0.29, 0.717) is 10.9 Å². The lowest BCUT2D eigenvalue weighted by Gasteiger charge is -1.98. The van der Waals surface area contributed by atoms with Crippen molar-refractivity contribution in [2.24, 2.45) is 0 Å². The van der Waals surface area contributed by atoms with Crippen molar-refractivity contribution in [3.05, 3.63) is 30.2 Å². The second-order valence-corrected chi connectivity index (χ2v) is 2.74. The minimum atomic E-state index is -1.71. The van der Waals surface area contributed by atoms with Gasteiger partial charge in [0.05, 0.1) is 11.7 Å². The van der Waals surface area contributed by atoms with Crippen molar-refractivity contribution in [3.8, 4) is 0 Å². The zero-order valence-corrected chi connectivity index (χ0v) is 6.98. The van der Waals surface area contributed by atoms with E-state index in [1.54, 1.807) is 6.07 Å². The van der Waals surface area contributed by atoms with Crippen LogP contribution in [-0.2, 0) is 4.79 Å². The van der Waals surface area contributed by atoms with Crippen LogP contribution in [0.4, 0.5) is 0 Å². The molecule has 14 heavy (non-hydrogen) atoms. The summed E-state index contributed by atoms with van der Waals surface area (Å²) in [6.07, 6.45) is 4.34. The number of aromatic nitrogens is 2. The molecule has 0 aliphatic rings. The number of fused-ring (bicyclic) bond motifs is 1. The molecule has 0 fully saturated rings. The minimum absolute atomic E-state index is 0.0994. The molecule has 2 rings (SSSR count). The molecule has 0 aromatic carbocycles. The van der Waals surface area contributed by atoms with E-state index < -0.39 is 11.8 Å². The molecule has 0 saturated heterocycles. The fourth-order valence-electron chi connectivity index (χ4n) is 1.27. The van der Waals surface area contributed by atoms with Gasteiger partial charge in [-0.15, -0.1) is 0 Å². The largest absolute Gasteiger partial charge is 0.541 e. The number of aromatic amines is 1. The standard InChI is InChI=1S/C9H6N2O3/c12-8(9(13)14)6-3-11-7-4-10-2-1-5(6)7/h1-4,11H,(H,13,14)/p-1. The number of carboxylic acid groups (broad SMARTS) is 1. The number of Topliss-reactive ketones (excluding diaryl/α,β-unsaturated/α-hetero) is 1. The van der Waals surface area contributed by atoms with Gasteiger partial charge >= 0.3 is 0 Å². The lowest BCUT2D eigenvalue weighted by molar-refractivity contribution is -0.296. The molecule has 0 radical (unpaired) electrons. The third-order valence-corrected chi connectivity index (χ3v) is 1.91. The average Bonchev–Trinajstić information content (AvgIpc) is 2.60. The topological polar surface area (TPSA) is 85.9 Å². The Labute approximate surface area is 78.4 Å². The Morgan fingerprint density at radius 3 is 2.93 bits per heavy atom. The second-order valence-electron chi connectivity index (χ2n) is 2.74. The van der Waals surface area contributed by atoms with Gasteiger partial charge in [-0.2, -0.15) is 0 Å². The van der Waals surface area contributed by atoms with Gasteiger partial charge in [-0.05, 0) is 6.07 Å². The Kier molecular flexibility index (Phi) is 1.78. The third kappa shape index (κ3) is 1.15. The molecule has 0 unspecified atom stereocenters. The molecule has 0 amide bonds. The highest BCUT2D eigenvalue weighted by atomic mass is 16.4. The van der Waals surface area contributed by atoms with Gasteiger partial charge < -0.3 is 14.9 Å². The van der Waals surface area contributed by atoms with E-state index in [9.17, 15) is 14.7 Å². The van der Waals surface area contributed by atoms with E-state index in [-0.39, 0.29) is 5.56 Å². The first-order valence-electron chi connectivity index (χ1n) is 3.87. The van der Waals surface area contributed by atoms with E-state index in [2.05, 4.69) is 9.97 Å². The minimum Gasteiger partial charge on any atom is -0.541 e. The van der Waals surface area contributed by atoms with Crippen LogP contribution in [0.15, 0.2) is 24.7 Å². The summed E-state index contributed by atoms with van der Waals surface area (Å²) in [5, 5.41) is 10.9. The molecule has 5 heteroatoms. The molecule has 0 saturated carbocycles. The first-order chi connectivity index (χ1) is 6.70. The number of carbonyl (C=O) groups is 2. The van der Waals surface area contributed by atoms with Crippen molar-refractivity contribution in [1.29, 1.82) is 0 Å². The molecule has 2 aromatic rings. The molecular formula is C9H5N2O3-. The van der Waals surface area contributed by atoms with Crippen molar-refractivity contribution in [2.45, 2.75) is 0 Å². The zero-order chi connectivity index (χ0) is 10.1. The van der Waals surface area contributed by atoms with Gasteiger partial charge in [-0.25, -0.2) is 0 Å². The maximum atomic E-state index is 11.1. The van der Waals surface area contributed by atoms with Crippen molar-refractivity contribution in [1.82, 2.24) is 9.97 Å². The van der Waals surface area contributed by atoms with Crippen molar-refractivity contribution < 1.29 is 14.7 Å². The fourth-order valence-corrected chi connectivity index (χ4v) is 1.27. The summed E-state index contributed by atoms with van der Waals surface area (Å²) in [6, 6.07) is 1.57. The number of hydrogen-bond acceptors (Lipinski definition) is 4. The second kappa shape index (κ2) is 2.95. The molecule has 5 nitrogen and oxygen atoms in total. The molecule has 70 valence electrons. The van der Waals surface area contributed by atoms with Crippen LogP contribution in [0.3, 0.4) is 0 Å². The van der Waals surface area contributed by atoms with E-state index in [4.69, 9.17) is 0 Å². The molecule has 0 atom stereocenters. The van der Waals surface area contributed by atoms with E-state index in [0.717, 1.165) is 0 Å². The number of carbonyl (C=O) groups excluding carboxylic acids is 2. The monoisotopic (exact) mass is 189 g/mol. The average molecular weight is 189 g/mol. The summed E-state index contributed by atoms with van der Waals surface area (Å²) in [5.41, 5.74) is 0.722. The van der Waals surface area contributed by atoms with Gasteiger partial charge in [0.1, 0.15) is 5.97 Å². The predicted octanol–water partition coefficient (Wildman–Crippen LogP) is -0.505. The summed E-state index contributed by atoms with van der Waals surface area (Å²) in [4.78, 5) is 28.0. The van der Waals surface area contributed by atoms with Crippen LogP contribution in [0.5, 0.6) is 0 Å². The number of pyridine rings is 1. The van der Waals surface area contributed by atoms with Crippen LogP contribution >= 0.6 is 0 Å². The number of hydrogen-bond donors (Lipinski definition) is 1. The molecule has 0 aliphatic carbocycles. The first-order valence-corrected chi connectivity index (χ1v) is 3.87. The SMILES string of the molecule is O=C([O-])C(=O)c1c[nH]c2cnccc12. The van der Waals surface area contributed by atoms with E-state index in [1.807, 2.05) is 0 Å². The van der Waals surface area contributed by atoms with Gasteiger partial charge in [0.15, 0.2) is 0 Å². The highest BCUT2D eigenvalue weighted by Crippen LogP contribution is 2.16. The molecule has 0 spiro atoms. The first kappa shape index (κ1) is 8.43. The van der Waals surface area contributed by atoms with Crippen LogP contribution in [0.1, 0.15) is 10.4 Å². The van der Waals surface area contributed by atoms with Crippen molar-refractivity contribution >= 4 is 22.7 Å². The Bertz CT molecular complexity index is 516. The Balaban J connectivity index is 2.64. The fraction of sp³-hybridized carbons (Fsp3) is 0. The van der Waals surface area contributed by atoms with Crippen LogP contribution in [-0.4, -0.2) is 21.7 Å².